The second-order valence-electron chi connectivity index (χ2n) is 19.3. The summed E-state index contributed by atoms with van der Waals surface area (Å²) in [6.07, 6.45) is 0.720. The highest BCUT2D eigenvalue weighted by atomic mass is 28.4. The SMILES string of the molecule is C[C@H](c1ccccc1)N1C[C@@](C)(C(=O)OC(C)(C)C)C(CCO[Si](C)(C)C(C)(C)C)C1=O.C[C@H](c1ccccc1)N1C[C@@](C)(C(=O)OC(C)(C)C)CC1=O. The van der Waals surface area contributed by atoms with Crippen molar-refractivity contribution in [2.45, 2.75) is 144 Å². The fourth-order valence-electron chi connectivity index (χ4n) is 6.70. The zero-order valence-electron chi connectivity index (χ0n) is 35.8. The van der Waals surface area contributed by atoms with Crippen LogP contribution in [0.2, 0.25) is 18.1 Å². The first kappa shape index (κ1) is 44.9. The van der Waals surface area contributed by atoms with E-state index in [-0.39, 0.29) is 47.3 Å². The molecule has 2 saturated heterocycles. The Hall–Kier alpha value is -3.50. The van der Waals surface area contributed by atoms with E-state index in [4.69, 9.17) is 13.9 Å². The highest BCUT2D eigenvalue weighted by Crippen LogP contribution is 2.45. The minimum atomic E-state index is -1.94. The number of amides is 2. The third-order valence-electron chi connectivity index (χ3n) is 11.2. The smallest absolute Gasteiger partial charge is 0.314 e. The summed E-state index contributed by atoms with van der Waals surface area (Å²) in [7, 11) is -1.94. The molecule has 2 amide bonds. The Labute approximate surface area is 326 Å². The van der Waals surface area contributed by atoms with E-state index in [2.05, 4.69) is 33.9 Å². The van der Waals surface area contributed by atoms with Gasteiger partial charge in [0.25, 0.3) is 0 Å². The average Bonchev–Trinajstić information content (AvgIpc) is 3.52. The average molecular weight is 765 g/mol. The number of benzene rings is 2. The number of ether oxygens (including phenoxy) is 2. The zero-order valence-corrected chi connectivity index (χ0v) is 36.8. The Morgan fingerprint density at radius 1 is 0.741 bits per heavy atom. The maximum atomic E-state index is 13.6. The van der Waals surface area contributed by atoms with Gasteiger partial charge in [-0.15, -0.1) is 0 Å². The largest absolute Gasteiger partial charge is 0.459 e. The molecule has 0 spiro atoms. The monoisotopic (exact) mass is 764 g/mol. The van der Waals surface area contributed by atoms with Crippen LogP contribution in [0, 0.1) is 16.7 Å². The van der Waals surface area contributed by atoms with E-state index in [1.54, 1.807) is 4.90 Å². The maximum Gasteiger partial charge on any atom is 0.314 e. The van der Waals surface area contributed by atoms with Gasteiger partial charge in [0.2, 0.25) is 11.8 Å². The third kappa shape index (κ3) is 11.1. The van der Waals surface area contributed by atoms with E-state index >= 15 is 0 Å². The highest BCUT2D eigenvalue weighted by Gasteiger charge is 2.56. The van der Waals surface area contributed by atoms with E-state index in [1.807, 2.05) is 135 Å². The van der Waals surface area contributed by atoms with E-state index in [0.717, 1.165) is 11.1 Å². The number of carbonyl (C=O) groups excluding carboxylic acids is 4. The Morgan fingerprint density at radius 3 is 1.63 bits per heavy atom. The van der Waals surface area contributed by atoms with Gasteiger partial charge in [0.1, 0.15) is 11.2 Å². The van der Waals surface area contributed by atoms with Gasteiger partial charge in [-0.05, 0) is 105 Å². The van der Waals surface area contributed by atoms with Crippen molar-refractivity contribution in [1.29, 1.82) is 0 Å². The van der Waals surface area contributed by atoms with Crippen molar-refractivity contribution >= 4 is 32.1 Å². The molecule has 0 saturated carbocycles. The van der Waals surface area contributed by atoms with E-state index in [9.17, 15) is 19.2 Å². The van der Waals surface area contributed by atoms with Gasteiger partial charge in [-0.1, -0.05) is 81.4 Å². The molecule has 5 atom stereocenters. The van der Waals surface area contributed by atoms with Crippen LogP contribution in [0.5, 0.6) is 0 Å². The molecule has 2 aromatic rings. The third-order valence-corrected chi connectivity index (χ3v) is 15.7. The lowest BCUT2D eigenvalue weighted by Gasteiger charge is -2.37. The second-order valence-corrected chi connectivity index (χ2v) is 24.1. The Kier molecular flexibility index (Phi) is 13.9. The Balaban J connectivity index is 0.000000311. The van der Waals surface area contributed by atoms with Crippen LogP contribution in [0.1, 0.15) is 126 Å². The fourth-order valence-corrected chi connectivity index (χ4v) is 7.76. The van der Waals surface area contributed by atoms with Crippen molar-refractivity contribution in [3.05, 3.63) is 71.8 Å². The van der Waals surface area contributed by atoms with Crippen LogP contribution in [0.3, 0.4) is 0 Å². The molecular formula is C44H68N2O7Si. The van der Waals surface area contributed by atoms with Crippen LogP contribution in [0.15, 0.2) is 60.7 Å². The molecule has 2 aromatic carbocycles. The summed E-state index contributed by atoms with van der Waals surface area (Å²) in [5.41, 5.74) is -0.696. The molecule has 4 rings (SSSR count). The van der Waals surface area contributed by atoms with Crippen molar-refractivity contribution < 1.29 is 33.1 Å². The van der Waals surface area contributed by atoms with Gasteiger partial charge in [0, 0.05) is 26.1 Å². The van der Waals surface area contributed by atoms with Crippen LogP contribution in [-0.2, 0) is 33.1 Å². The summed E-state index contributed by atoms with van der Waals surface area (Å²) in [5, 5.41) is 0.0923. The molecule has 54 heavy (non-hydrogen) atoms. The van der Waals surface area contributed by atoms with Gasteiger partial charge in [0.15, 0.2) is 8.32 Å². The Bertz CT molecular complexity index is 1610. The quantitative estimate of drug-likeness (QED) is 0.176. The molecule has 300 valence electrons. The van der Waals surface area contributed by atoms with E-state index in [1.165, 1.54) is 0 Å². The lowest BCUT2D eigenvalue weighted by Crippen LogP contribution is -2.43. The molecule has 2 fully saturated rings. The van der Waals surface area contributed by atoms with Crippen molar-refractivity contribution in [2.24, 2.45) is 16.7 Å². The molecule has 2 heterocycles. The van der Waals surface area contributed by atoms with Gasteiger partial charge in [-0.25, -0.2) is 0 Å². The lowest BCUT2D eigenvalue weighted by atomic mass is 9.78. The molecule has 0 bridgehead atoms. The summed E-state index contributed by atoms with van der Waals surface area (Å²) in [6.45, 7) is 31.1. The van der Waals surface area contributed by atoms with Crippen molar-refractivity contribution in [3.63, 3.8) is 0 Å². The molecule has 2 aliphatic rings. The molecular weight excluding hydrogens is 697 g/mol. The summed E-state index contributed by atoms with van der Waals surface area (Å²) < 4.78 is 17.7. The van der Waals surface area contributed by atoms with Gasteiger partial charge in [-0.2, -0.15) is 0 Å². The fraction of sp³-hybridized carbons (Fsp3) is 0.636. The number of rotatable bonds is 10. The van der Waals surface area contributed by atoms with Crippen LogP contribution < -0.4 is 0 Å². The highest BCUT2D eigenvalue weighted by molar-refractivity contribution is 6.74. The molecule has 2 aliphatic heterocycles. The topological polar surface area (TPSA) is 102 Å². The minimum Gasteiger partial charge on any atom is -0.459 e. The van der Waals surface area contributed by atoms with Crippen LogP contribution in [0.4, 0.5) is 0 Å². The first-order chi connectivity index (χ1) is 24.6. The summed E-state index contributed by atoms with van der Waals surface area (Å²) >= 11 is 0. The number of likely N-dealkylation sites (tertiary alicyclic amines) is 2. The molecule has 1 unspecified atom stereocenters. The van der Waals surface area contributed by atoms with E-state index in [0.29, 0.717) is 26.1 Å². The summed E-state index contributed by atoms with van der Waals surface area (Å²) in [6, 6.07) is 19.7. The number of hydrogen-bond donors (Lipinski definition) is 0. The first-order valence-electron chi connectivity index (χ1n) is 19.4. The van der Waals surface area contributed by atoms with Crippen molar-refractivity contribution in [2.75, 3.05) is 19.7 Å². The standard InChI is InChI=1S/C26H43NO4Si.C18H25NO3/c1-19(20-14-12-11-13-15-20)27-18-26(8,23(29)31-24(2,3)4)21(22(27)28)16-17-30-32(9,10)25(5,6)7;1-13(14-9-7-6-8-10-14)19-12-18(5,11-15(19)20)16(21)22-17(2,3)4/h11-15,19,21H,16-18H2,1-10H3;6-10,13H,11-12H2,1-5H3/t19-,21?,26-;13-,18+/m11/s1. The van der Waals surface area contributed by atoms with Crippen LogP contribution in [-0.4, -0.2) is 72.8 Å². The van der Waals surface area contributed by atoms with Gasteiger partial charge in [-0.3, -0.25) is 19.2 Å². The van der Waals surface area contributed by atoms with Crippen LogP contribution >= 0.6 is 0 Å². The maximum absolute atomic E-state index is 13.6. The lowest BCUT2D eigenvalue weighted by molar-refractivity contribution is -0.169. The van der Waals surface area contributed by atoms with Crippen molar-refractivity contribution in [1.82, 2.24) is 9.80 Å². The van der Waals surface area contributed by atoms with Gasteiger partial charge < -0.3 is 23.7 Å². The summed E-state index contributed by atoms with van der Waals surface area (Å²) in [4.78, 5) is 55.4. The van der Waals surface area contributed by atoms with Gasteiger partial charge >= 0.3 is 11.9 Å². The van der Waals surface area contributed by atoms with Gasteiger partial charge in [0.05, 0.1) is 28.8 Å². The second kappa shape index (κ2) is 16.7. The zero-order chi connectivity index (χ0) is 41.1. The number of hydrogen-bond acceptors (Lipinski definition) is 7. The Morgan fingerprint density at radius 2 is 1.19 bits per heavy atom. The molecule has 0 aliphatic carbocycles. The molecule has 0 aromatic heterocycles. The first-order valence-corrected chi connectivity index (χ1v) is 22.3. The molecule has 0 N–H and O–H groups in total. The minimum absolute atomic E-state index is 0.00436. The van der Waals surface area contributed by atoms with Crippen LogP contribution in [0.25, 0.3) is 0 Å². The normalized spacial score (nSPS) is 23.4. The molecule has 10 heteroatoms. The molecule has 9 nitrogen and oxygen atoms in total. The number of esters is 2. The molecule has 0 radical (unpaired) electrons. The summed E-state index contributed by atoms with van der Waals surface area (Å²) in [5.74, 6) is -1.05. The van der Waals surface area contributed by atoms with Crippen molar-refractivity contribution in [3.8, 4) is 0 Å². The van der Waals surface area contributed by atoms with E-state index < -0.39 is 36.3 Å². The predicted molar refractivity (Wildman–Crippen MR) is 217 cm³/mol. The number of nitrogens with zero attached hydrogens (tertiary/aromatic N) is 2. The predicted octanol–water partition coefficient (Wildman–Crippen LogP) is 9.29. The number of carbonyl (C=O) groups is 4.